The third kappa shape index (κ3) is 4.14. The molecule has 17 heavy (non-hydrogen) atoms. The van der Waals surface area contributed by atoms with E-state index in [-0.39, 0.29) is 17.2 Å². The van der Waals surface area contributed by atoms with Crippen LogP contribution in [0.15, 0.2) is 0 Å². The van der Waals surface area contributed by atoms with Gasteiger partial charge in [0.05, 0.1) is 12.1 Å². The van der Waals surface area contributed by atoms with Crippen molar-refractivity contribution in [2.45, 2.75) is 27.2 Å². The highest BCUT2D eigenvalue weighted by molar-refractivity contribution is 7.13. The van der Waals surface area contributed by atoms with Crippen LogP contribution in [-0.2, 0) is 11.2 Å². The van der Waals surface area contributed by atoms with Gasteiger partial charge >= 0.3 is 5.97 Å². The van der Waals surface area contributed by atoms with Crippen molar-refractivity contribution in [2.75, 3.05) is 6.54 Å². The highest BCUT2D eigenvalue weighted by Crippen LogP contribution is 2.18. The van der Waals surface area contributed by atoms with Crippen LogP contribution in [0.4, 0.5) is 0 Å². The molecule has 0 spiro atoms. The fourth-order valence-electron chi connectivity index (χ4n) is 1.24. The van der Waals surface area contributed by atoms with E-state index in [1.54, 1.807) is 6.92 Å². The molecule has 1 amide bonds. The van der Waals surface area contributed by atoms with Crippen molar-refractivity contribution in [1.29, 1.82) is 0 Å². The Hall–Kier alpha value is -1.43. The van der Waals surface area contributed by atoms with Crippen LogP contribution in [0.1, 0.15) is 34.2 Å². The molecule has 1 aromatic rings. The van der Waals surface area contributed by atoms with Crippen molar-refractivity contribution < 1.29 is 14.7 Å². The van der Waals surface area contributed by atoms with Gasteiger partial charge in [0.25, 0.3) is 0 Å². The zero-order valence-corrected chi connectivity index (χ0v) is 10.9. The smallest absolute Gasteiger partial charge is 0.347 e. The number of rotatable bonds is 5. The Balaban J connectivity index is 2.60. The van der Waals surface area contributed by atoms with Gasteiger partial charge in [-0.05, 0) is 12.8 Å². The predicted octanol–water partition coefficient (Wildman–Crippen LogP) is 1.46. The number of aryl methyl sites for hydroxylation is 1. The van der Waals surface area contributed by atoms with Crippen LogP contribution in [0.2, 0.25) is 0 Å². The lowest BCUT2D eigenvalue weighted by Gasteiger charge is -2.05. The number of carboxylic acids is 1. The monoisotopic (exact) mass is 256 g/mol. The summed E-state index contributed by atoms with van der Waals surface area (Å²) in [5.41, 5.74) is 0.467. The van der Waals surface area contributed by atoms with E-state index in [1.165, 1.54) is 0 Å². The zero-order valence-electron chi connectivity index (χ0n) is 10.1. The lowest BCUT2D eigenvalue weighted by Crippen LogP contribution is -2.28. The Morgan fingerprint density at radius 2 is 2.12 bits per heavy atom. The van der Waals surface area contributed by atoms with Gasteiger partial charge in [-0.1, -0.05) is 13.8 Å². The molecule has 0 radical (unpaired) electrons. The number of amides is 1. The lowest BCUT2D eigenvalue weighted by molar-refractivity contribution is -0.120. The number of thiazole rings is 1. The van der Waals surface area contributed by atoms with Crippen molar-refractivity contribution in [1.82, 2.24) is 10.3 Å². The number of nitrogens with one attached hydrogen (secondary N) is 1. The molecule has 94 valence electrons. The summed E-state index contributed by atoms with van der Waals surface area (Å²) >= 11 is 1.06. The summed E-state index contributed by atoms with van der Waals surface area (Å²) in [7, 11) is 0. The summed E-state index contributed by atoms with van der Waals surface area (Å²) in [4.78, 5) is 26.6. The van der Waals surface area contributed by atoms with Gasteiger partial charge in [0.1, 0.15) is 9.88 Å². The quantitative estimate of drug-likeness (QED) is 0.836. The van der Waals surface area contributed by atoms with Gasteiger partial charge in [0, 0.05) is 6.54 Å². The molecular weight excluding hydrogens is 240 g/mol. The van der Waals surface area contributed by atoms with Crippen molar-refractivity contribution in [3.05, 3.63) is 15.6 Å². The van der Waals surface area contributed by atoms with Gasteiger partial charge in [-0.25, -0.2) is 9.78 Å². The van der Waals surface area contributed by atoms with Crippen LogP contribution in [0.3, 0.4) is 0 Å². The molecule has 2 N–H and O–H groups in total. The molecule has 0 aliphatic rings. The van der Waals surface area contributed by atoms with Crippen LogP contribution in [0, 0.1) is 12.8 Å². The number of aromatic nitrogens is 1. The van der Waals surface area contributed by atoms with E-state index in [2.05, 4.69) is 10.3 Å². The highest BCUT2D eigenvalue weighted by atomic mass is 32.1. The first kappa shape index (κ1) is 13.6. The van der Waals surface area contributed by atoms with Crippen molar-refractivity contribution >= 4 is 23.2 Å². The topological polar surface area (TPSA) is 79.3 Å². The second kappa shape index (κ2) is 5.77. The maximum atomic E-state index is 11.5. The van der Waals surface area contributed by atoms with Gasteiger partial charge in [-0.3, -0.25) is 4.79 Å². The summed E-state index contributed by atoms with van der Waals surface area (Å²) < 4.78 is 0. The lowest BCUT2D eigenvalue weighted by atomic mass is 10.2. The molecule has 0 aliphatic carbocycles. The Kier molecular flexibility index (Phi) is 4.62. The van der Waals surface area contributed by atoms with Gasteiger partial charge in [0.2, 0.25) is 5.91 Å². The Morgan fingerprint density at radius 1 is 1.47 bits per heavy atom. The number of hydrogen-bond acceptors (Lipinski definition) is 4. The molecule has 5 nitrogen and oxygen atoms in total. The van der Waals surface area contributed by atoms with E-state index in [9.17, 15) is 9.59 Å². The van der Waals surface area contributed by atoms with Crippen LogP contribution in [0.25, 0.3) is 0 Å². The summed E-state index contributed by atoms with van der Waals surface area (Å²) in [5.74, 6) is -0.718. The normalized spacial score (nSPS) is 10.6. The van der Waals surface area contributed by atoms with E-state index in [0.29, 0.717) is 23.2 Å². The number of carboxylic acid groups (broad SMARTS) is 1. The molecular formula is C11H16N2O3S. The number of nitrogens with zero attached hydrogens (tertiary/aromatic N) is 1. The molecule has 0 aromatic carbocycles. The van der Waals surface area contributed by atoms with Gasteiger partial charge in [-0.2, -0.15) is 0 Å². The van der Waals surface area contributed by atoms with Crippen LogP contribution in [-0.4, -0.2) is 28.5 Å². The van der Waals surface area contributed by atoms with E-state index >= 15 is 0 Å². The largest absolute Gasteiger partial charge is 0.477 e. The predicted molar refractivity (Wildman–Crippen MR) is 65.4 cm³/mol. The summed E-state index contributed by atoms with van der Waals surface area (Å²) in [6, 6.07) is 0. The maximum Gasteiger partial charge on any atom is 0.347 e. The van der Waals surface area contributed by atoms with Crippen molar-refractivity contribution in [3.8, 4) is 0 Å². The molecule has 0 atom stereocenters. The number of carbonyl (C=O) groups is 2. The average Bonchev–Trinajstić information content (AvgIpc) is 2.56. The Bertz CT molecular complexity index is 426. The molecule has 1 aromatic heterocycles. The standard InChI is InChI=1S/C11H16N2O3S/c1-6(2)5-12-8(14)4-9-13-7(3)10(17-9)11(15)16/h6H,4-5H2,1-3H3,(H,12,14)(H,15,16). The van der Waals surface area contributed by atoms with E-state index in [0.717, 1.165) is 11.3 Å². The molecule has 0 bridgehead atoms. The van der Waals surface area contributed by atoms with E-state index < -0.39 is 5.97 Å². The zero-order chi connectivity index (χ0) is 13.0. The highest BCUT2D eigenvalue weighted by Gasteiger charge is 2.15. The second-order valence-corrected chi connectivity index (χ2v) is 5.29. The van der Waals surface area contributed by atoms with Crippen molar-refractivity contribution in [2.24, 2.45) is 5.92 Å². The molecule has 1 heterocycles. The minimum absolute atomic E-state index is 0.121. The molecule has 1 rings (SSSR count). The van der Waals surface area contributed by atoms with E-state index in [4.69, 9.17) is 5.11 Å². The summed E-state index contributed by atoms with van der Waals surface area (Å²) in [6.45, 7) is 6.27. The van der Waals surface area contributed by atoms with Gasteiger partial charge < -0.3 is 10.4 Å². The fourth-order valence-corrected chi connectivity index (χ4v) is 2.15. The molecule has 0 fully saturated rings. The minimum Gasteiger partial charge on any atom is -0.477 e. The summed E-state index contributed by atoms with van der Waals surface area (Å²) in [6.07, 6.45) is 0.144. The van der Waals surface area contributed by atoms with Crippen LogP contribution in [0.5, 0.6) is 0 Å². The molecule has 0 unspecified atom stereocenters. The first-order valence-electron chi connectivity index (χ1n) is 5.36. The van der Waals surface area contributed by atoms with Crippen LogP contribution < -0.4 is 5.32 Å². The van der Waals surface area contributed by atoms with E-state index in [1.807, 2.05) is 13.8 Å². The molecule has 0 saturated carbocycles. The Morgan fingerprint density at radius 3 is 2.59 bits per heavy atom. The van der Waals surface area contributed by atoms with Gasteiger partial charge in [-0.15, -0.1) is 11.3 Å². The fraction of sp³-hybridized carbons (Fsp3) is 0.545. The first-order valence-corrected chi connectivity index (χ1v) is 6.18. The number of carbonyl (C=O) groups excluding carboxylic acids is 1. The van der Waals surface area contributed by atoms with Gasteiger partial charge in [0.15, 0.2) is 0 Å². The molecule has 6 heteroatoms. The minimum atomic E-state index is -0.992. The van der Waals surface area contributed by atoms with Crippen LogP contribution >= 0.6 is 11.3 Å². The Labute approximate surface area is 104 Å². The maximum absolute atomic E-state index is 11.5. The number of aromatic carboxylic acids is 1. The number of hydrogen-bond donors (Lipinski definition) is 2. The molecule has 0 saturated heterocycles. The molecule has 0 aliphatic heterocycles. The SMILES string of the molecule is Cc1nc(CC(=O)NCC(C)C)sc1C(=O)O. The third-order valence-electron chi connectivity index (χ3n) is 2.05. The average molecular weight is 256 g/mol. The summed E-state index contributed by atoms with van der Waals surface area (Å²) in [5, 5.41) is 12.2. The first-order chi connectivity index (χ1) is 7.90. The van der Waals surface area contributed by atoms with Crippen molar-refractivity contribution in [3.63, 3.8) is 0 Å². The second-order valence-electron chi connectivity index (χ2n) is 4.20. The third-order valence-corrected chi connectivity index (χ3v) is 3.20.